The Labute approximate surface area is 180 Å². The van der Waals surface area contributed by atoms with Crippen molar-refractivity contribution in [3.63, 3.8) is 0 Å². The smallest absolute Gasteiger partial charge is 0.410 e. The van der Waals surface area contributed by atoms with Crippen LogP contribution in [0.3, 0.4) is 0 Å². The van der Waals surface area contributed by atoms with Crippen LogP contribution in [0.4, 0.5) is 4.79 Å². The fraction of sp³-hybridized carbons (Fsp3) is 0.400. The molecular formula is C20H21BrIN3O2. The zero-order chi connectivity index (χ0) is 19.3. The molecular weight excluding hydrogens is 521 g/mol. The van der Waals surface area contributed by atoms with Crippen LogP contribution in [0.2, 0.25) is 0 Å². The number of likely N-dealkylation sites (tertiary alicyclic amines) is 1. The number of rotatable bonds is 1. The van der Waals surface area contributed by atoms with Crippen molar-refractivity contribution >= 4 is 66.4 Å². The van der Waals surface area contributed by atoms with Gasteiger partial charge in [-0.15, -0.1) is 0 Å². The zero-order valence-electron chi connectivity index (χ0n) is 15.5. The Morgan fingerprint density at radius 3 is 2.85 bits per heavy atom. The fourth-order valence-electron chi connectivity index (χ4n) is 3.59. The Hall–Kier alpha value is -1.35. The summed E-state index contributed by atoms with van der Waals surface area (Å²) in [4.78, 5) is 22.8. The number of imidazole rings is 1. The quantitative estimate of drug-likeness (QED) is 0.376. The minimum atomic E-state index is -0.502. The minimum absolute atomic E-state index is 0.0737. The average molecular weight is 542 g/mol. The maximum absolute atomic E-state index is 12.6. The third-order valence-corrected chi connectivity index (χ3v) is 6.10. The lowest BCUT2D eigenvalue weighted by Crippen LogP contribution is -2.36. The van der Waals surface area contributed by atoms with E-state index in [1.165, 1.54) is 8.96 Å². The number of H-pyrrole nitrogens is 1. The molecule has 1 atom stereocenters. The topological polar surface area (TPSA) is 58.2 Å². The standard InChI is InChI=1S/C20H21BrIN3O2/c1-20(2,3)27-19(26)25-8-4-5-16(25)18-23-15-10-14(22)13-9-11(21)6-7-12(13)17(15)24-18/h6-7,9-10,16H,4-5,8H2,1-3H3,(H,23,24). The first kappa shape index (κ1) is 19.0. The number of aromatic amines is 1. The number of benzene rings is 2. The molecule has 1 fully saturated rings. The van der Waals surface area contributed by atoms with Crippen LogP contribution >= 0.6 is 38.5 Å². The first-order chi connectivity index (χ1) is 12.7. The second-order valence-corrected chi connectivity index (χ2v) is 9.98. The van der Waals surface area contributed by atoms with Crippen LogP contribution in [-0.2, 0) is 4.74 Å². The lowest BCUT2D eigenvalue weighted by Gasteiger charge is -2.27. The van der Waals surface area contributed by atoms with Crippen LogP contribution in [0.15, 0.2) is 28.7 Å². The summed E-state index contributed by atoms with van der Waals surface area (Å²) in [5.41, 5.74) is 1.45. The van der Waals surface area contributed by atoms with Crippen molar-refractivity contribution < 1.29 is 9.53 Å². The maximum Gasteiger partial charge on any atom is 0.410 e. The van der Waals surface area contributed by atoms with Gasteiger partial charge in [0.1, 0.15) is 11.4 Å². The largest absolute Gasteiger partial charge is 0.444 e. The van der Waals surface area contributed by atoms with Crippen molar-refractivity contribution in [2.24, 2.45) is 0 Å². The molecule has 7 heteroatoms. The van der Waals surface area contributed by atoms with E-state index in [2.05, 4.69) is 61.7 Å². The highest BCUT2D eigenvalue weighted by Gasteiger charge is 2.35. The number of halogens is 2. The number of nitrogens with one attached hydrogen (secondary N) is 1. The Balaban J connectivity index is 1.75. The number of nitrogens with zero attached hydrogens (tertiary/aromatic N) is 2. The molecule has 5 nitrogen and oxygen atoms in total. The molecule has 1 unspecified atom stereocenters. The molecule has 1 N–H and O–H groups in total. The monoisotopic (exact) mass is 541 g/mol. The van der Waals surface area contributed by atoms with Gasteiger partial charge in [-0.3, -0.25) is 4.90 Å². The van der Waals surface area contributed by atoms with Crippen molar-refractivity contribution in [1.82, 2.24) is 14.9 Å². The summed E-state index contributed by atoms with van der Waals surface area (Å²) in [7, 11) is 0. The molecule has 0 bridgehead atoms. The molecule has 2 heterocycles. The van der Waals surface area contributed by atoms with Gasteiger partial charge in [-0.1, -0.05) is 22.0 Å². The molecule has 0 radical (unpaired) electrons. The van der Waals surface area contributed by atoms with Crippen LogP contribution < -0.4 is 0 Å². The Bertz CT molecular complexity index is 1040. The van der Waals surface area contributed by atoms with Crippen LogP contribution in [0.5, 0.6) is 0 Å². The van der Waals surface area contributed by atoms with Crippen molar-refractivity contribution in [2.45, 2.75) is 45.3 Å². The van der Waals surface area contributed by atoms with E-state index in [9.17, 15) is 4.79 Å². The number of carbonyl (C=O) groups is 1. The molecule has 3 aromatic rings. The van der Waals surface area contributed by atoms with Gasteiger partial charge in [-0.05, 0) is 79.8 Å². The third-order valence-electron chi connectivity index (χ3n) is 4.71. The van der Waals surface area contributed by atoms with Crippen LogP contribution in [0.25, 0.3) is 21.8 Å². The number of hydrogen-bond acceptors (Lipinski definition) is 3. The lowest BCUT2D eigenvalue weighted by atomic mass is 10.1. The van der Waals surface area contributed by atoms with Gasteiger partial charge in [0.15, 0.2) is 0 Å². The van der Waals surface area contributed by atoms with E-state index in [0.29, 0.717) is 6.54 Å². The maximum atomic E-state index is 12.6. The summed E-state index contributed by atoms with van der Waals surface area (Å²) >= 11 is 5.90. The van der Waals surface area contributed by atoms with Gasteiger partial charge < -0.3 is 9.72 Å². The number of amides is 1. The Morgan fingerprint density at radius 2 is 2.11 bits per heavy atom. The van der Waals surface area contributed by atoms with E-state index >= 15 is 0 Å². The number of ether oxygens (including phenoxy) is 1. The molecule has 1 aromatic heterocycles. The number of aromatic nitrogens is 2. The van der Waals surface area contributed by atoms with Gasteiger partial charge in [0.2, 0.25) is 0 Å². The summed E-state index contributed by atoms with van der Waals surface area (Å²) in [6, 6.07) is 8.29. The molecule has 2 aromatic carbocycles. The molecule has 1 aliphatic heterocycles. The van der Waals surface area contributed by atoms with Crippen molar-refractivity contribution in [2.75, 3.05) is 6.54 Å². The number of fused-ring (bicyclic) bond motifs is 3. The second-order valence-electron chi connectivity index (χ2n) is 7.90. The van der Waals surface area contributed by atoms with Crippen LogP contribution in [0.1, 0.15) is 45.5 Å². The molecule has 1 aliphatic rings. The van der Waals surface area contributed by atoms with Gasteiger partial charge in [0, 0.05) is 20.0 Å². The van der Waals surface area contributed by atoms with Gasteiger partial charge in [0.05, 0.1) is 17.1 Å². The van der Waals surface area contributed by atoms with E-state index < -0.39 is 5.60 Å². The molecule has 1 amide bonds. The van der Waals surface area contributed by atoms with E-state index in [-0.39, 0.29) is 12.1 Å². The van der Waals surface area contributed by atoms with E-state index in [4.69, 9.17) is 9.72 Å². The van der Waals surface area contributed by atoms with Gasteiger partial charge >= 0.3 is 6.09 Å². The number of hydrogen-bond donors (Lipinski definition) is 1. The predicted octanol–water partition coefficient (Wildman–Crippen LogP) is 6.16. The van der Waals surface area contributed by atoms with E-state index in [1.54, 1.807) is 4.90 Å². The molecule has 4 rings (SSSR count). The van der Waals surface area contributed by atoms with Gasteiger partial charge in [-0.2, -0.15) is 0 Å². The zero-order valence-corrected chi connectivity index (χ0v) is 19.2. The fourth-order valence-corrected chi connectivity index (χ4v) is 4.71. The molecule has 0 saturated carbocycles. The molecule has 142 valence electrons. The normalized spacial score (nSPS) is 17.8. The van der Waals surface area contributed by atoms with Gasteiger partial charge in [-0.25, -0.2) is 9.78 Å². The van der Waals surface area contributed by atoms with Crippen molar-refractivity contribution in [1.29, 1.82) is 0 Å². The van der Waals surface area contributed by atoms with Crippen LogP contribution in [-0.4, -0.2) is 33.1 Å². The molecule has 1 saturated heterocycles. The SMILES string of the molecule is CC(C)(C)OC(=O)N1CCCC1c1nc2c(cc(I)c3cc(Br)ccc32)[nH]1. The third kappa shape index (κ3) is 3.68. The minimum Gasteiger partial charge on any atom is -0.444 e. The predicted molar refractivity (Wildman–Crippen MR) is 119 cm³/mol. The first-order valence-corrected chi connectivity index (χ1v) is 10.9. The summed E-state index contributed by atoms with van der Waals surface area (Å²) in [6.45, 7) is 6.37. The number of carbonyl (C=O) groups excluding carboxylic acids is 1. The summed E-state index contributed by atoms with van der Waals surface area (Å²) < 4.78 is 7.81. The highest BCUT2D eigenvalue weighted by atomic mass is 127. The summed E-state index contributed by atoms with van der Waals surface area (Å²) in [5, 5.41) is 2.29. The second kappa shape index (κ2) is 6.92. The van der Waals surface area contributed by atoms with Crippen LogP contribution in [0, 0.1) is 3.57 Å². The molecule has 0 aliphatic carbocycles. The molecule has 0 spiro atoms. The first-order valence-electron chi connectivity index (χ1n) is 9.00. The highest BCUT2D eigenvalue weighted by molar-refractivity contribution is 14.1. The average Bonchev–Trinajstić information content (AvgIpc) is 3.19. The van der Waals surface area contributed by atoms with Crippen molar-refractivity contribution in [3.05, 3.63) is 38.1 Å². The van der Waals surface area contributed by atoms with Crippen molar-refractivity contribution in [3.8, 4) is 0 Å². The van der Waals surface area contributed by atoms with E-state index in [1.807, 2.05) is 26.8 Å². The lowest BCUT2D eigenvalue weighted by molar-refractivity contribution is 0.0219. The molecule has 27 heavy (non-hydrogen) atoms. The summed E-state index contributed by atoms with van der Waals surface area (Å²) in [6.07, 6.45) is 1.57. The highest BCUT2D eigenvalue weighted by Crippen LogP contribution is 2.35. The van der Waals surface area contributed by atoms with Gasteiger partial charge in [0.25, 0.3) is 0 Å². The Morgan fingerprint density at radius 1 is 1.33 bits per heavy atom. The van der Waals surface area contributed by atoms with E-state index in [0.717, 1.165) is 39.6 Å². The Kier molecular flexibility index (Phi) is 4.86. The summed E-state index contributed by atoms with van der Waals surface area (Å²) in [5.74, 6) is 0.833.